The molecule has 3 rings (SSSR count). The van der Waals surface area contributed by atoms with E-state index in [0.717, 1.165) is 11.1 Å². The summed E-state index contributed by atoms with van der Waals surface area (Å²) in [7, 11) is 1.58. The number of carbonyl (C=O) groups is 2. The third kappa shape index (κ3) is 5.07. The van der Waals surface area contributed by atoms with Crippen LogP contribution in [0.15, 0.2) is 84.9 Å². The van der Waals surface area contributed by atoms with Crippen molar-refractivity contribution in [2.45, 2.75) is 18.9 Å². The molecule has 1 atom stereocenters. The predicted octanol–water partition coefficient (Wildman–Crippen LogP) is 4.80. The molecule has 0 aliphatic carbocycles. The Morgan fingerprint density at radius 1 is 0.821 bits per heavy atom. The van der Waals surface area contributed by atoms with Crippen LogP contribution in [0.25, 0.3) is 0 Å². The molecule has 0 aliphatic rings. The molecule has 4 nitrogen and oxygen atoms in total. The van der Waals surface area contributed by atoms with Crippen LogP contribution in [-0.4, -0.2) is 18.9 Å². The molecule has 0 bridgehead atoms. The van der Waals surface area contributed by atoms with Gasteiger partial charge in [-0.25, -0.2) is 0 Å². The Labute approximate surface area is 164 Å². The average molecular weight is 374 g/mol. The van der Waals surface area contributed by atoms with Crippen molar-refractivity contribution in [3.05, 3.63) is 102 Å². The third-order valence-corrected chi connectivity index (χ3v) is 4.51. The number of carbonyl (C=O) groups excluding carboxylic acids is 2. The van der Waals surface area contributed by atoms with Crippen LogP contribution in [0.1, 0.15) is 33.8 Å². The Morgan fingerprint density at radius 2 is 1.43 bits per heavy atom. The summed E-state index contributed by atoms with van der Waals surface area (Å²) in [6.07, 6.45) is 0.0456. The maximum atomic E-state index is 12.8. The van der Waals surface area contributed by atoms with Crippen LogP contribution in [0.2, 0.25) is 0 Å². The summed E-state index contributed by atoms with van der Waals surface area (Å²) in [5, 5.41) is 0. The molecule has 28 heavy (non-hydrogen) atoms. The van der Waals surface area contributed by atoms with Gasteiger partial charge < -0.3 is 9.47 Å². The number of methoxy groups -OCH3 is 1. The highest BCUT2D eigenvalue weighted by Gasteiger charge is 2.26. The molecule has 3 aromatic carbocycles. The van der Waals surface area contributed by atoms with Gasteiger partial charge >= 0.3 is 5.97 Å². The van der Waals surface area contributed by atoms with Gasteiger partial charge in [-0.15, -0.1) is 0 Å². The molecule has 0 N–H and O–H groups in total. The van der Waals surface area contributed by atoms with Crippen molar-refractivity contribution < 1.29 is 19.1 Å². The van der Waals surface area contributed by atoms with E-state index < -0.39 is 11.9 Å². The minimum atomic E-state index is -0.678. The lowest BCUT2D eigenvalue weighted by atomic mass is 9.91. The summed E-state index contributed by atoms with van der Waals surface area (Å²) in [5.41, 5.74) is 2.21. The highest BCUT2D eigenvalue weighted by Crippen LogP contribution is 2.26. The Kier molecular flexibility index (Phi) is 6.58. The number of ether oxygens (including phenoxy) is 2. The molecule has 142 valence electrons. The van der Waals surface area contributed by atoms with Gasteiger partial charge in [0, 0.05) is 12.0 Å². The summed E-state index contributed by atoms with van der Waals surface area (Å²) in [6.45, 7) is 0.172. The third-order valence-electron chi connectivity index (χ3n) is 4.51. The van der Waals surface area contributed by atoms with Crippen molar-refractivity contribution in [3.63, 3.8) is 0 Å². The molecular formula is C24H22O4. The molecule has 1 unspecified atom stereocenters. The monoisotopic (exact) mass is 374 g/mol. The fourth-order valence-corrected chi connectivity index (χ4v) is 2.93. The van der Waals surface area contributed by atoms with E-state index in [4.69, 9.17) is 9.47 Å². The zero-order valence-corrected chi connectivity index (χ0v) is 15.7. The van der Waals surface area contributed by atoms with Gasteiger partial charge in [-0.3, -0.25) is 9.59 Å². The lowest BCUT2D eigenvalue weighted by Gasteiger charge is -2.16. The van der Waals surface area contributed by atoms with Crippen LogP contribution in [0, 0.1) is 0 Å². The normalized spacial score (nSPS) is 11.5. The van der Waals surface area contributed by atoms with Crippen molar-refractivity contribution >= 4 is 11.8 Å². The average Bonchev–Trinajstić information content (AvgIpc) is 2.77. The number of ketones is 1. The van der Waals surface area contributed by atoms with Crippen molar-refractivity contribution in [3.8, 4) is 5.75 Å². The Hall–Kier alpha value is -3.40. The minimum absolute atomic E-state index is 0.0456. The van der Waals surface area contributed by atoms with Gasteiger partial charge in [0.05, 0.1) is 13.0 Å². The van der Waals surface area contributed by atoms with Crippen molar-refractivity contribution in [1.82, 2.24) is 0 Å². The maximum Gasteiger partial charge on any atom is 0.314 e. The SMILES string of the molecule is COc1ccc(C(CC(=O)c2ccccc2)C(=O)OCc2ccccc2)cc1. The molecule has 0 radical (unpaired) electrons. The second-order valence-electron chi connectivity index (χ2n) is 6.41. The molecule has 0 aromatic heterocycles. The second-order valence-corrected chi connectivity index (χ2v) is 6.41. The molecule has 0 saturated carbocycles. The number of hydrogen-bond acceptors (Lipinski definition) is 4. The van der Waals surface area contributed by atoms with Crippen LogP contribution in [0.5, 0.6) is 5.75 Å². The fourth-order valence-electron chi connectivity index (χ4n) is 2.93. The summed E-state index contributed by atoms with van der Waals surface area (Å²) >= 11 is 0. The van der Waals surface area contributed by atoms with Crippen molar-refractivity contribution in [2.24, 2.45) is 0 Å². The van der Waals surface area contributed by atoms with Gasteiger partial charge in [0.25, 0.3) is 0 Å². The van der Waals surface area contributed by atoms with Crippen LogP contribution < -0.4 is 4.74 Å². The van der Waals surface area contributed by atoms with Crippen LogP contribution >= 0.6 is 0 Å². The van der Waals surface area contributed by atoms with E-state index in [2.05, 4.69) is 0 Å². The molecule has 0 heterocycles. The summed E-state index contributed by atoms with van der Waals surface area (Å²) in [4.78, 5) is 25.5. The Morgan fingerprint density at radius 3 is 2.04 bits per heavy atom. The van der Waals surface area contributed by atoms with Gasteiger partial charge in [-0.05, 0) is 23.3 Å². The highest BCUT2D eigenvalue weighted by molar-refractivity contribution is 5.99. The van der Waals surface area contributed by atoms with Gasteiger partial charge in [0.2, 0.25) is 0 Å². The smallest absolute Gasteiger partial charge is 0.314 e. The first-order valence-corrected chi connectivity index (χ1v) is 9.10. The molecule has 3 aromatic rings. The molecule has 0 amide bonds. The molecule has 0 aliphatic heterocycles. The first-order valence-electron chi connectivity index (χ1n) is 9.10. The summed E-state index contributed by atoms with van der Waals surface area (Å²) < 4.78 is 10.7. The first kappa shape index (κ1) is 19.4. The van der Waals surface area contributed by atoms with Crippen LogP contribution in [-0.2, 0) is 16.1 Å². The topological polar surface area (TPSA) is 52.6 Å². The molecule has 0 saturated heterocycles. The van der Waals surface area contributed by atoms with Gasteiger partial charge in [-0.2, -0.15) is 0 Å². The highest BCUT2D eigenvalue weighted by atomic mass is 16.5. The van der Waals surface area contributed by atoms with Crippen LogP contribution in [0.4, 0.5) is 0 Å². The van der Waals surface area contributed by atoms with Crippen LogP contribution in [0.3, 0.4) is 0 Å². The van der Waals surface area contributed by atoms with E-state index in [1.54, 1.807) is 43.5 Å². The van der Waals surface area contributed by atoms with Crippen molar-refractivity contribution in [1.29, 1.82) is 0 Å². The van der Waals surface area contributed by atoms with E-state index in [1.165, 1.54) is 0 Å². The molecule has 4 heteroatoms. The fraction of sp³-hybridized carbons (Fsp3) is 0.167. The Balaban J connectivity index is 1.78. The van der Waals surface area contributed by atoms with E-state index in [-0.39, 0.29) is 18.8 Å². The number of rotatable bonds is 8. The first-order chi connectivity index (χ1) is 13.7. The summed E-state index contributed by atoms with van der Waals surface area (Å²) in [6, 6.07) is 25.6. The number of hydrogen-bond donors (Lipinski definition) is 0. The predicted molar refractivity (Wildman–Crippen MR) is 107 cm³/mol. The van der Waals surface area contributed by atoms with E-state index >= 15 is 0 Å². The lowest BCUT2D eigenvalue weighted by molar-refractivity contribution is -0.146. The van der Waals surface area contributed by atoms with E-state index in [1.807, 2.05) is 48.5 Å². The molecule has 0 fully saturated rings. The summed E-state index contributed by atoms with van der Waals surface area (Å²) in [5.74, 6) is -0.506. The van der Waals surface area contributed by atoms with Gasteiger partial charge in [0.15, 0.2) is 5.78 Å². The zero-order chi connectivity index (χ0) is 19.8. The molecular weight excluding hydrogens is 352 g/mol. The zero-order valence-electron chi connectivity index (χ0n) is 15.7. The maximum absolute atomic E-state index is 12.8. The number of benzene rings is 3. The van der Waals surface area contributed by atoms with Gasteiger partial charge in [-0.1, -0.05) is 72.8 Å². The lowest BCUT2D eigenvalue weighted by Crippen LogP contribution is -2.19. The minimum Gasteiger partial charge on any atom is -0.497 e. The second kappa shape index (κ2) is 9.51. The largest absolute Gasteiger partial charge is 0.497 e. The number of Topliss-reactive ketones (excluding diaryl/α,β-unsaturated/α-hetero) is 1. The standard InChI is InChI=1S/C24H22O4/c1-27-21-14-12-19(13-15-21)22(16-23(25)20-10-6-3-7-11-20)24(26)28-17-18-8-4-2-5-9-18/h2-15,22H,16-17H2,1H3. The van der Waals surface area contributed by atoms with Crippen molar-refractivity contribution in [2.75, 3.05) is 7.11 Å². The van der Waals surface area contributed by atoms with Gasteiger partial charge in [0.1, 0.15) is 12.4 Å². The van der Waals surface area contributed by atoms with E-state index in [0.29, 0.717) is 11.3 Å². The quantitative estimate of drug-likeness (QED) is 0.420. The number of esters is 1. The van der Waals surface area contributed by atoms with E-state index in [9.17, 15) is 9.59 Å². The molecule has 0 spiro atoms. The Bertz CT molecular complexity index is 902.